The van der Waals surface area contributed by atoms with Crippen LogP contribution in [0.1, 0.15) is 0 Å². The summed E-state index contributed by atoms with van der Waals surface area (Å²) in [5, 5.41) is -2.01. The van der Waals surface area contributed by atoms with Crippen LogP contribution in [0.5, 0.6) is 11.5 Å². The van der Waals surface area contributed by atoms with Crippen LogP contribution < -0.4 is 9.47 Å². The second-order valence-corrected chi connectivity index (χ2v) is 8.75. The van der Waals surface area contributed by atoms with Gasteiger partial charge in [0.25, 0.3) is 0 Å². The van der Waals surface area contributed by atoms with Gasteiger partial charge < -0.3 is 9.47 Å². The third kappa shape index (κ3) is 5.49. The van der Waals surface area contributed by atoms with Gasteiger partial charge in [0.05, 0.1) is 30.1 Å². The summed E-state index contributed by atoms with van der Waals surface area (Å²) in [6, 6.07) is 0. The van der Waals surface area contributed by atoms with Crippen molar-refractivity contribution in [1.82, 2.24) is 0 Å². The van der Waals surface area contributed by atoms with E-state index in [1.165, 1.54) is 0 Å². The highest BCUT2D eigenvalue weighted by atomic mass is 35.5. The molecule has 0 N–H and O–H groups in total. The van der Waals surface area contributed by atoms with Crippen LogP contribution in [0, 0.1) is 0 Å². The Balaban J connectivity index is 2.21. The van der Waals surface area contributed by atoms with Crippen molar-refractivity contribution in [1.29, 1.82) is 0 Å². The Morgan fingerprint density at radius 2 is 0.633 bits per heavy atom. The van der Waals surface area contributed by atoms with Gasteiger partial charge in [0, 0.05) is 12.2 Å². The SMILES string of the molecule is O=C(/C=C\C(=O)Oc1c(Cl)c(Cl)c(Cl)c(Cl)c1Cl)Oc1c(Cl)c(Cl)c(Cl)c(Cl)c1Cl. The van der Waals surface area contributed by atoms with Gasteiger partial charge in [-0.1, -0.05) is 116 Å². The first kappa shape index (κ1) is 26.3. The molecule has 0 aliphatic rings. The number of carbonyl (C=O) groups is 2. The molecular weight excluding hydrogens is 611 g/mol. The molecule has 0 spiro atoms. The molecule has 2 aromatic rings. The van der Waals surface area contributed by atoms with Gasteiger partial charge in [-0.2, -0.15) is 0 Å². The lowest BCUT2D eigenvalue weighted by Gasteiger charge is -2.12. The predicted molar refractivity (Wildman–Crippen MR) is 123 cm³/mol. The Kier molecular flexibility index (Phi) is 9.42. The van der Waals surface area contributed by atoms with E-state index in [-0.39, 0.29) is 61.7 Å². The van der Waals surface area contributed by atoms with Gasteiger partial charge in [-0.25, -0.2) is 9.59 Å². The molecule has 160 valence electrons. The van der Waals surface area contributed by atoms with E-state index in [1.54, 1.807) is 0 Å². The number of halogens is 10. The van der Waals surface area contributed by atoms with Crippen molar-refractivity contribution in [2.75, 3.05) is 0 Å². The van der Waals surface area contributed by atoms with Crippen LogP contribution in [-0.2, 0) is 9.59 Å². The molecule has 0 aliphatic heterocycles. The highest BCUT2D eigenvalue weighted by Gasteiger charge is 2.23. The average molecular weight is 613 g/mol. The molecule has 30 heavy (non-hydrogen) atoms. The molecule has 2 rings (SSSR count). The van der Waals surface area contributed by atoms with Crippen LogP contribution in [0.4, 0.5) is 0 Å². The van der Waals surface area contributed by atoms with E-state index < -0.39 is 11.9 Å². The number of hydrogen-bond acceptors (Lipinski definition) is 4. The van der Waals surface area contributed by atoms with Gasteiger partial charge in [-0.15, -0.1) is 0 Å². The summed E-state index contributed by atoms with van der Waals surface area (Å²) in [4.78, 5) is 24.0. The first-order chi connectivity index (χ1) is 13.9. The van der Waals surface area contributed by atoms with E-state index >= 15 is 0 Å². The number of hydrogen-bond donors (Lipinski definition) is 0. The van der Waals surface area contributed by atoms with Gasteiger partial charge in [-0.3, -0.25) is 0 Å². The number of rotatable bonds is 4. The minimum absolute atomic E-state index is 0.124. The lowest BCUT2D eigenvalue weighted by Crippen LogP contribution is -2.09. The van der Waals surface area contributed by atoms with E-state index in [0.29, 0.717) is 12.2 Å². The summed E-state index contributed by atoms with van der Waals surface area (Å²) < 4.78 is 9.92. The Morgan fingerprint density at radius 3 is 0.867 bits per heavy atom. The molecule has 0 amide bonds. The van der Waals surface area contributed by atoms with Gasteiger partial charge in [0.2, 0.25) is 0 Å². The molecule has 0 fully saturated rings. The van der Waals surface area contributed by atoms with Crippen LogP contribution in [-0.4, -0.2) is 11.9 Å². The quantitative estimate of drug-likeness (QED) is 0.114. The summed E-state index contributed by atoms with van der Waals surface area (Å²) in [6.07, 6.45) is 1.40. The topological polar surface area (TPSA) is 52.6 Å². The van der Waals surface area contributed by atoms with Crippen molar-refractivity contribution in [3.05, 3.63) is 62.4 Å². The summed E-state index contributed by atoms with van der Waals surface area (Å²) >= 11 is 59.0. The van der Waals surface area contributed by atoms with E-state index in [9.17, 15) is 9.59 Å². The standard InChI is InChI=1S/C16H2Cl10O4/c17-5-7(19)11(23)15(12(24)8(5)20)29-3(27)1-2-4(28)30-16-13(25)9(21)6(18)10(22)14(16)26/h1-2H/b2-1-. The van der Waals surface area contributed by atoms with E-state index in [0.717, 1.165) is 0 Å². The van der Waals surface area contributed by atoms with Crippen molar-refractivity contribution in [3.8, 4) is 11.5 Å². The molecule has 0 heterocycles. The zero-order chi connectivity index (χ0) is 22.9. The van der Waals surface area contributed by atoms with Gasteiger partial charge in [-0.05, 0) is 0 Å². The van der Waals surface area contributed by atoms with Crippen LogP contribution >= 0.6 is 116 Å². The van der Waals surface area contributed by atoms with Crippen LogP contribution in [0.3, 0.4) is 0 Å². The fourth-order valence-electron chi connectivity index (χ4n) is 1.75. The molecule has 0 unspecified atom stereocenters. The largest absolute Gasteiger partial charge is 0.420 e. The predicted octanol–water partition coefficient (Wildman–Crippen LogP) is 9.29. The van der Waals surface area contributed by atoms with Crippen LogP contribution in [0.15, 0.2) is 12.2 Å². The Morgan fingerprint density at radius 1 is 0.433 bits per heavy atom. The number of esters is 2. The lowest BCUT2D eigenvalue weighted by molar-refractivity contribution is -0.131. The Bertz CT molecular complexity index is 953. The molecule has 0 saturated heterocycles. The summed E-state index contributed by atoms with van der Waals surface area (Å²) in [5.41, 5.74) is 0. The second-order valence-electron chi connectivity index (χ2n) is 4.97. The fraction of sp³-hybridized carbons (Fsp3) is 0. The Hall–Kier alpha value is 0.0200. The van der Waals surface area contributed by atoms with Gasteiger partial charge >= 0.3 is 11.9 Å². The first-order valence-corrected chi connectivity index (χ1v) is 10.8. The lowest BCUT2D eigenvalue weighted by atomic mass is 10.3. The van der Waals surface area contributed by atoms with Crippen LogP contribution in [0.2, 0.25) is 50.2 Å². The van der Waals surface area contributed by atoms with E-state index in [1.807, 2.05) is 0 Å². The zero-order valence-electron chi connectivity index (χ0n) is 13.6. The van der Waals surface area contributed by atoms with Crippen molar-refractivity contribution in [2.24, 2.45) is 0 Å². The average Bonchev–Trinajstić information content (AvgIpc) is 2.72. The Labute approximate surface area is 219 Å². The second kappa shape index (κ2) is 10.8. The monoisotopic (exact) mass is 608 g/mol. The fourth-order valence-corrected chi connectivity index (χ4v) is 4.15. The third-order valence-corrected chi connectivity index (χ3v) is 7.58. The first-order valence-electron chi connectivity index (χ1n) is 7.03. The maximum Gasteiger partial charge on any atom is 0.336 e. The van der Waals surface area contributed by atoms with Gasteiger partial charge in [0.15, 0.2) is 11.5 Å². The molecule has 14 heteroatoms. The number of carbonyl (C=O) groups excluding carboxylic acids is 2. The molecule has 2 aromatic carbocycles. The van der Waals surface area contributed by atoms with Crippen molar-refractivity contribution < 1.29 is 19.1 Å². The maximum atomic E-state index is 12.0. The van der Waals surface area contributed by atoms with E-state index in [4.69, 9.17) is 125 Å². The molecule has 0 bridgehead atoms. The third-order valence-electron chi connectivity index (χ3n) is 3.10. The summed E-state index contributed by atoms with van der Waals surface area (Å²) in [7, 11) is 0. The molecule has 0 aromatic heterocycles. The maximum absolute atomic E-state index is 12.0. The summed E-state index contributed by atoms with van der Waals surface area (Å²) in [5.74, 6) is -2.87. The van der Waals surface area contributed by atoms with Gasteiger partial charge in [0.1, 0.15) is 20.1 Å². The van der Waals surface area contributed by atoms with Crippen molar-refractivity contribution in [3.63, 3.8) is 0 Å². The molecule has 0 saturated carbocycles. The molecule has 0 aliphatic carbocycles. The molecule has 0 atom stereocenters. The molecular formula is C16H2Cl10O4. The molecule has 0 radical (unpaired) electrons. The number of benzene rings is 2. The minimum atomic E-state index is -1.07. The highest BCUT2D eigenvalue weighted by molar-refractivity contribution is 6.56. The normalized spacial score (nSPS) is 11.1. The smallest absolute Gasteiger partial charge is 0.336 e. The highest BCUT2D eigenvalue weighted by Crippen LogP contribution is 2.49. The van der Waals surface area contributed by atoms with Crippen LogP contribution in [0.25, 0.3) is 0 Å². The minimum Gasteiger partial charge on any atom is -0.420 e. The summed E-state index contributed by atoms with van der Waals surface area (Å²) in [6.45, 7) is 0. The molecule has 4 nitrogen and oxygen atoms in total. The van der Waals surface area contributed by atoms with E-state index in [2.05, 4.69) is 0 Å². The number of ether oxygens (including phenoxy) is 2. The van der Waals surface area contributed by atoms with Crippen molar-refractivity contribution >= 4 is 128 Å². The van der Waals surface area contributed by atoms with Crippen molar-refractivity contribution in [2.45, 2.75) is 0 Å². The zero-order valence-corrected chi connectivity index (χ0v) is 21.1.